The number of Topliss-reactive ketones (excluding diaryl/α,β-unsaturated/α-hetero) is 3. The number of carbonyl (C=O) groups is 5. The first kappa shape index (κ1) is 37.4. The summed E-state index contributed by atoms with van der Waals surface area (Å²) >= 11 is 0. The molecular formula is C41H54FN5O7. The molecule has 0 aromatic heterocycles. The van der Waals surface area contributed by atoms with Gasteiger partial charge in [0.1, 0.15) is 6.17 Å². The van der Waals surface area contributed by atoms with E-state index in [0.717, 1.165) is 19.6 Å². The van der Waals surface area contributed by atoms with E-state index in [1.54, 1.807) is 30.5 Å². The molecule has 1 aromatic carbocycles. The highest BCUT2D eigenvalue weighted by Gasteiger charge is 2.62. The van der Waals surface area contributed by atoms with Crippen LogP contribution in [0.25, 0.3) is 0 Å². The third-order valence-electron chi connectivity index (χ3n) is 12.9. The second kappa shape index (κ2) is 14.9. The van der Waals surface area contributed by atoms with Crippen LogP contribution in [0.2, 0.25) is 0 Å². The Hall–Kier alpha value is -3.52. The summed E-state index contributed by atoms with van der Waals surface area (Å²) in [5.41, 5.74) is 0.718. The molecule has 12 nitrogen and oxygen atoms in total. The number of nitrogens with one attached hydrogen (secondary N) is 2. The minimum absolute atomic E-state index is 0.00832. The second-order valence-electron chi connectivity index (χ2n) is 17.7. The van der Waals surface area contributed by atoms with Crippen molar-refractivity contribution in [2.75, 3.05) is 52.5 Å². The molecule has 1 aromatic rings. The summed E-state index contributed by atoms with van der Waals surface area (Å²) in [4.78, 5) is 75.0. The van der Waals surface area contributed by atoms with Crippen molar-refractivity contribution in [1.29, 1.82) is 0 Å². The van der Waals surface area contributed by atoms with E-state index in [1.807, 2.05) is 20.8 Å². The number of morpholine rings is 2. The Bertz CT molecular complexity index is 1710. The molecule has 0 radical (unpaired) electrons. The topological polar surface area (TPSA) is 138 Å². The maximum atomic E-state index is 16.8. The molecular weight excluding hydrogens is 693 g/mol. The smallest absolute Gasteiger partial charge is 0.256 e. The first-order valence-corrected chi connectivity index (χ1v) is 20.0. The van der Waals surface area contributed by atoms with E-state index >= 15 is 4.39 Å². The Kier molecular flexibility index (Phi) is 10.3. The third kappa shape index (κ3) is 7.05. The SMILES string of the molecule is CC(C)(C)CC(=O)NC1CCN(C2C(F)CC3C(=O)C(C(=O)NCCCN4CCOCC4)=CN4C5CC6C(=O)c7ccccc7C(=O)C6CC5OC2C34)C1. The minimum atomic E-state index is -1.42. The number of fused-ring (bicyclic) bond motifs is 4. The predicted octanol–water partition coefficient (Wildman–Crippen LogP) is 2.56. The van der Waals surface area contributed by atoms with E-state index in [-0.39, 0.29) is 52.7 Å². The molecule has 7 aliphatic rings. The number of rotatable bonds is 8. The van der Waals surface area contributed by atoms with Crippen molar-refractivity contribution < 1.29 is 37.8 Å². The standard InChI is InChI=1S/C41H54FN5O7/c1-41(2,3)20-33(48)44-23-9-12-46(21-23)35-30(42)17-28-34-39(35)54-32-19-27-26(36(49)24-7-4-5-8-25(24)37(27)50)18-31(32)47(34)22-29(38(28)51)40(52)43-10-6-11-45-13-15-53-16-14-45/h4-5,7-8,22-23,26-28,30-32,34-35,39H,6,9-21H2,1-3H3,(H,43,52)(H,44,48). The van der Waals surface area contributed by atoms with Gasteiger partial charge in [-0.25, -0.2) is 4.39 Å². The molecule has 8 rings (SSSR count). The number of halogens is 1. The largest absolute Gasteiger partial charge is 0.379 e. The van der Waals surface area contributed by atoms with Crippen molar-refractivity contribution >= 4 is 29.2 Å². The van der Waals surface area contributed by atoms with Crippen LogP contribution in [-0.4, -0.2) is 139 Å². The summed E-state index contributed by atoms with van der Waals surface area (Å²) in [6.07, 6.45) is 1.34. The number of ketones is 3. The maximum Gasteiger partial charge on any atom is 0.256 e. The normalized spacial score (nSPS) is 35.4. The van der Waals surface area contributed by atoms with E-state index in [2.05, 4.69) is 25.3 Å². The summed E-state index contributed by atoms with van der Waals surface area (Å²) in [5.74, 6) is -2.96. The summed E-state index contributed by atoms with van der Waals surface area (Å²) in [6.45, 7) is 11.3. The molecule has 10 atom stereocenters. The molecule has 4 aliphatic heterocycles. The summed E-state index contributed by atoms with van der Waals surface area (Å²) < 4.78 is 29.1. The van der Waals surface area contributed by atoms with Crippen LogP contribution < -0.4 is 10.6 Å². The fourth-order valence-electron chi connectivity index (χ4n) is 10.4. The zero-order valence-corrected chi connectivity index (χ0v) is 31.6. The monoisotopic (exact) mass is 747 g/mol. The molecule has 3 aliphatic carbocycles. The molecule has 10 unspecified atom stereocenters. The van der Waals surface area contributed by atoms with Crippen LogP contribution in [-0.2, 0) is 23.9 Å². The van der Waals surface area contributed by atoms with Gasteiger partial charge in [0.05, 0.1) is 49.1 Å². The van der Waals surface area contributed by atoms with Gasteiger partial charge >= 0.3 is 0 Å². The zero-order valence-electron chi connectivity index (χ0n) is 31.6. The van der Waals surface area contributed by atoms with Gasteiger partial charge in [0.25, 0.3) is 5.91 Å². The van der Waals surface area contributed by atoms with Gasteiger partial charge in [0.15, 0.2) is 17.3 Å². The number of amides is 2. The first-order chi connectivity index (χ1) is 25.9. The van der Waals surface area contributed by atoms with Crippen molar-refractivity contribution in [3.05, 3.63) is 47.2 Å². The van der Waals surface area contributed by atoms with Crippen molar-refractivity contribution in [1.82, 2.24) is 25.3 Å². The minimum Gasteiger partial charge on any atom is -0.379 e. The van der Waals surface area contributed by atoms with Crippen LogP contribution in [0.3, 0.4) is 0 Å². The molecule has 0 bridgehead atoms. The zero-order chi connectivity index (χ0) is 37.9. The fraction of sp³-hybridized carbons (Fsp3) is 0.683. The number of hydrogen-bond donors (Lipinski definition) is 2. The van der Waals surface area contributed by atoms with E-state index in [4.69, 9.17) is 9.47 Å². The molecule has 292 valence electrons. The van der Waals surface area contributed by atoms with Gasteiger partial charge in [-0.05, 0) is 44.1 Å². The Balaban J connectivity index is 1.06. The Labute approximate surface area is 316 Å². The van der Waals surface area contributed by atoms with Crippen molar-refractivity contribution in [2.45, 2.75) is 102 Å². The molecule has 2 saturated carbocycles. The molecule has 2 N–H and O–H groups in total. The predicted molar refractivity (Wildman–Crippen MR) is 196 cm³/mol. The van der Waals surface area contributed by atoms with Gasteiger partial charge in [-0.3, -0.25) is 33.8 Å². The van der Waals surface area contributed by atoms with Gasteiger partial charge in [0, 0.05) is 80.3 Å². The summed E-state index contributed by atoms with van der Waals surface area (Å²) in [7, 11) is 0. The van der Waals surface area contributed by atoms with Crippen molar-refractivity contribution in [3.63, 3.8) is 0 Å². The number of hydrogen-bond acceptors (Lipinski definition) is 10. The lowest BCUT2D eigenvalue weighted by Gasteiger charge is -2.61. The van der Waals surface area contributed by atoms with Crippen LogP contribution in [0.4, 0.5) is 4.39 Å². The lowest BCUT2D eigenvalue weighted by molar-refractivity contribution is -0.214. The van der Waals surface area contributed by atoms with Crippen LogP contribution in [0, 0.1) is 23.2 Å². The Morgan fingerprint density at radius 2 is 1.61 bits per heavy atom. The van der Waals surface area contributed by atoms with Gasteiger partial charge in [0.2, 0.25) is 5.91 Å². The highest BCUT2D eigenvalue weighted by atomic mass is 19.1. The molecule has 3 saturated heterocycles. The van der Waals surface area contributed by atoms with Gasteiger partial charge in [-0.2, -0.15) is 0 Å². The number of alkyl halides is 1. The average molecular weight is 748 g/mol. The average Bonchev–Trinajstić information content (AvgIpc) is 3.59. The maximum absolute atomic E-state index is 16.8. The fourth-order valence-corrected chi connectivity index (χ4v) is 10.4. The number of likely N-dealkylation sites (tertiary alicyclic amines) is 1. The first-order valence-electron chi connectivity index (χ1n) is 20.0. The van der Waals surface area contributed by atoms with Crippen LogP contribution in [0.1, 0.15) is 80.0 Å². The van der Waals surface area contributed by atoms with Crippen molar-refractivity contribution in [2.24, 2.45) is 23.2 Å². The molecule has 54 heavy (non-hydrogen) atoms. The van der Waals surface area contributed by atoms with Gasteiger partial charge in [-0.15, -0.1) is 0 Å². The van der Waals surface area contributed by atoms with E-state index < -0.39 is 54.1 Å². The Morgan fingerprint density at radius 1 is 0.907 bits per heavy atom. The lowest BCUT2D eigenvalue weighted by Crippen LogP contribution is -2.74. The molecule has 5 fully saturated rings. The number of nitrogens with zero attached hydrogens (tertiary/aromatic N) is 3. The van der Waals surface area contributed by atoms with E-state index in [0.29, 0.717) is 76.1 Å². The number of ether oxygens (including phenoxy) is 2. The molecule has 2 amide bonds. The highest BCUT2D eigenvalue weighted by molar-refractivity contribution is 6.20. The summed E-state index contributed by atoms with van der Waals surface area (Å²) in [6, 6.07) is 5.22. The Morgan fingerprint density at radius 3 is 2.31 bits per heavy atom. The van der Waals surface area contributed by atoms with Gasteiger partial charge in [-0.1, -0.05) is 45.0 Å². The molecule has 4 heterocycles. The molecule has 0 spiro atoms. The van der Waals surface area contributed by atoms with Gasteiger partial charge < -0.3 is 25.0 Å². The van der Waals surface area contributed by atoms with Crippen molar-refractivity contribution in [3.8, 4) is 0 Å². The van der Waals surface area contributed by atoms with E-state index in [1.165, 1.54) is 0 Å². The lowest BCUT2D eigenvalue weighted by atomic mass is 9.63. The summed E-state index contributed by atoms with van der Waals surface area (Å²) in [5, 5.41) is 6.10. The highest BCUT2D eigenvalue weighted by Crippen LogP contribution is 2.50. The third-order valence-corrected chi connectivity index (χ3v) is 12.9. The van der Waals surface area contributed by atoms with Crippen LogP contribution in [0.5, 0.6) is 0 Å². The molecule has 13 heteroatoms. The number of carbonyl (C=O) groups excluding carboxylic acids is 5. The number of benzene rings is 1. The van der Waals surface area contributed by atoms with Crippen LogP contribution >= 0.6 is 0 Å². The van der Waals surface area contributed by atoms with E-state index in [9.17, 15) is 24.0 Å². The second-order valence-corrected chi connectivity index (χ2v) is 17.7. The quantitative estimate of drug-likeness (QED) is 0.302. The van der Waals surface area contributed by atoms with Crippen LogP contribution in [0.15, 0.2) is 36.0 Å².